The number of hydrogen-bond donors (Lipinski definition) is 2. The van der Waals surface area contributed by atoms with Gasteiger partial charge in [-0.05, 0) is 24.3 Å². The Bertz CT molecular complexity index is 832. The number of halogens is 2. The second kappa shape index (κ2) is 7.62. The molecule has 0 aliphatic rings. The Kier molecular flexibility index (Phi) is 5.78. The first-order chi connectivity index (χ1) is 11.4. The summed E-state index contributed by atoms with van der Waals surface area (Å²) in [5.41, 5.74) is 0.752. The van der Waals surface area contributed by atoms with Crippen LogP contribution < -0.4 is 9.96 Å². The molecule has 0 aliphatic carbocycles. The number of nitriles is 1. The van der Waals surface area contributed by atoms with E-state index in [0.29, 0.717) is 5.56 Å². The zero-order valence-electron chi connectivity index (χ0n) is 12.5. The van der Waals surface area contributed by atoms with Gasteiger partial charge in [-0.15, -0.1) is 0 Å². The monoisotopic (exact) mass is 366 g/mol. The van der Waals surface area contributed by atoms with Crippen molar-refractivity contribution in [3.05, 3.63) is 62.3 Å². The summed E-state index contributed by atoms with van der Waals surface area (Å²) in [6.45, 7) is 0. The van der Waals surface area contributed by atoms with E-state index < -0.39 is 5.23 Å². The Morgan fingerprint density at radius 2 is 2.00 bits per heavy atom. The predicted octanol–water partition coefficient (Wildman–Crippen LogP) is 2.70. The Hall–Kier alpha value is -2.14. The van der Waals surface area contributed by atoms with Crippen LogP contribution in [0.1, 0.15) is 21.5 Å². The lowest BCUT2D eigenvalue weighted by Crippen LogP contribution is -2.99. The number of Topliss-reactive ketones (excluding diaryl/α,β-unsaturated/α-hetero) is 1. The van der Waals surface area contributed by atoms with E-state index in [4.69, 9.17) is 33.2 Å². The van der Waals surface area contributed by atoms with Crippen LogP contribution in [-0.4, -0.2) is 18.1 Å². The van der Waals surface area contributed by atoms with Crippen molar-refractivity contribution in [2.24, 2.45) is 0 Å². The first-order valence-electron chi connectivity index (χ1n) is 6.70. The zero-order valence-corrected chi connectivity index (χ0v) is 14.0. The summed E-state index contributed by atoms with van der Waals surface area (Å²) in [5, 5.41) is 28.5. The molecule has 24 heavy (non-hydrogen) atoms. The van der Waals surface area contributed by atoms with Crippen LogP contribution in [-0.2, 0) is 6.42 Å². The summed E-state index contributed by atoms with van der Waals surface area (Å²) in [6.07, 6.45) is -0.194. The molecule has 0 aliphatic heterocycles. The van der Waals surface area contributed by atoms with Crippen molar-refractivity contribution < 1.29 is 20.0 Å². The molecular weight excluding hydrogens is 355 g/mol. The third-order valence-electron chi connectivity index (χ3n) is 3.36. The molecule has 0 radical (unpaired) electrons. The van der Waals surface area contributed by atoms with E-state index in [2.05, 4.69) is 0 Å². The minimum absolute atomic E-state index is 0.0923. The molecule has 0 saturated carbocycles. The maximum atomic E-state index is 12.5. The maximum Gasteiger partial charge on any atom is 0.171 e. The van der Waals surface area contributed by atoms with Crippen molar-refractivity contribution in [2.75, 3.05) is 7.11 Å². The molecule has 2 rings (SSSR count). The largest absolute Gasteiger partial charge is 0.595 e. The highest BCUT2D eigenvalue weighted by Crippen LogP contribution is 2.29. The van der Waals surface area contributed by atoms with E-state index in [1.807, 2.05) is 6.07 Å². The van der Waals surface area contributed by atoms with Gasteiger partial charge >= 0.3 is 0 Å². The van der Waals surface area contributed by atoms with Crippen molar-refractivity contribution in [1.29, 1.82) is 5.26 Å². The van der Waals surface area contributed by atoms with Crippen molar-refractivity contribution in [2.45, 2.75) is 6.42 Å². The Morgan fingerprint density at radius 3 is 2.58 bits per heavy atom. The topological polar surface area (TPSA) is 97.8 Å². The number of nitrogens with one attached hydrogen (secondary N) is 1. The van der Waals surface area contributed by atoms with E-state index in [1.54, 1.807) is 0 Å². The second-order valence-electron chi connectivity index (χ2n) is 4.86. The molecule has 2 N–H and O–H groups in total. The summed E-state index contributed by atoms with van der Waals surface area (Å²) >= 11 is 11.8. The molecular formula is C16H12Cl2N2O4. The minimum Gasteiger partial charge on any atom is -0.595 e. The lowest BCUT2D eigenvalue weighted by Gasteiger charge is -2.16. The fourth-order valence-electron chi connectivity index (χ4n) is 2.19. The smallest absolute Gasteiger partial charge is 0.171 e. The molecule has 1 atom stereocenters. The molecule has 6 nitrogen and oxygen atoms in total. The minimum atomic E-state index is -1.21. The fraction of sp³-hybridized carbons (Fsp3) is 0.125. The number of nitrogens with zero attached hydrogens (tertiary/aromatic N) is 1. The van der Waals surface area contributed by atoms with Crippen LogP contribution in [0.25, 0.3) is 0 Å². The molecule has 0 bridgehead atoms. The molecule has 1 unspecified atom stereocenters. The lowest BCUT2D eigenvalue weighted by molar-refractivity contribution is -0.991. The van der Waals surface area contributed by atoms with Gasteiger partial charge in [0, 0.05) is 18.1 Å². The van der Waals surface area contributed by atoms with Crippen LogP contribution in [0.2, 0.25) is 10.0 Å². The summed E-state index contributed by atoms with van der Waals surface area (Å²) in [7, 11) is 1.38. The quantitative estimate of drug-likeness (QED) is 0.626. The molecule has 0 aromatic heterocycles. The van der Waals surface area contributed by atoms with Crippen LogP contribution in [0.4, 0.5) is 5.69 Å². The molecule has 0 saturated heterocycles. The molecule has 0 spiro atoms. The number of methoxy groups -OCH3 is 1. The number of benzene rings is 2. The van der Waals surface area contributed by atoms with Crippen molar-refractivity contribution in [3.8, 4) is 11.8 Å². The number of ketones is 1. The SMILES string of the molecule is COc1cc(C#N)ccc1C(=O)Cc1cc(Cl)c(Cl)cc1[NH+]([O-])O. The number of rotatable bonds is 5. The van der Waals surface area contributed by atoms with E-state index in [1.165, 1.54) is 37.4 Å². The summed E-state index contributed by atoms with van der Waals surface area (Å²) in [4.78, 5) is 12.5. The van der Waals surface area contributed by atoms with Crippen molar-refractivity contribution in [3.63, 3.8) is 0 Å². The van der Waals surface area contributed by atoms with Crippen molar-refractivity contribution >= 4 is 34.7 Å². The summed E-state index contributed by atoms with van der Waals surface area (Å²) in [5.74, 6) is -0.117. The number of carbonyl (C=O) groups is 1. The third kappa shape index (κ3) is 3.85. The van der Waals surface area contributed by atoms with Crippen LogP contribution in [0.3, 0.4) is 0 Å². The average molecular weight is 367 g/mol. The van der Waals surface area contributed by atoms with Crippen LogP contribution in [0.5, 0.6) is 5.75 Å². The van der Waals surface area contributed by atoms with E-state index in [-0.39, 0.29) is 44.8 Å². The molecule has 2 aromatic rings. The van der Waals surface area contributed by atoms with E-state index in [0.717, 1.165) is 0 Å². The highest BCUT2D eigenvalue weighted by Gasteiger charge is 2.19. The molecule has 0 heterocycles. The third-order valence-corrected chi connectivity index (χ3v) is 4.08. The van der Waals surface area contributed by atoms with Gasteiger partial charge in [-0.2, -0.15) is 10.5 Å². The van der Waals surface area contributed by atoms with Gasteiger partial charge in [-0.1, -0.05) is 23.2 Å². The van der Waals surface area contributed by atoms with Gasteiger partial charge in [0.05, 0.1) is 34.4 Å². The lowest BCUT2D eigenvalue weighted by atomic mass is 10.00. The molecule has 0 fully saturated rings. The second-order valence-corrected chi connectivity index (χ2v) is 5.67. The van der Waals surface area contributed by atoms with Gasteiger partial charge in [-0.3, -0.25) is 4.79 Å². The maximum absolute atomic E-state index is 12.5. The van der Waals surface area contributed by atoms with E-state index >= 15 is 0 Å². The number of quaternary nitrogens is 1. The Labute approximate surface area is 147 Å². The highest BCUT2D eigenvalue weighted by molar-refractivity contribution is 6.42. The fourth-order valence-corrected chi connectivity index (χ4v) is 2.54. The van der Waals surface area contributed by atoms with Crippen LogP contribution in [0, 0.1) is 16.5 Å². The summed E-state index contributed by atoms with van der Waals surface area (Å²) < 4.78 is 5.13. The summed E-state index contributed by atoms with van der Waals surface area (Å²) in [6, 6.07) is 8.93. The van der Waals surface area contributed by atoms with E-state index in [9.17, 15) is 15.2 Å². The standard InChI is InChI=1S/C16H12Cl2N2O4/c1-24-16-4-9(8-19)2-3-11(16)15(21)6-10-5-12(17)13(18)7-14(10)20(22)23/h2-5,7,20,22H,6H2,1H3. The first-order valence-corrected chi connectivity index (χ1v) is 7.45. The number of ether oxygens (including phenoxy) is 1. The zero-order chi connectivity index (χ0) is 17.9. The number of carbonyl (C=O) groups excluding carboxylic acids is 1. The van der Waals surface area contributed by atoms with Crippen LogP contribution in [0.15, 0.2) is 30.3 Å². The Morgan fingerprint density at radius 1 is 1.33 bits per heavy atom. The molecule has 2 aromatic carbocycles. The van der Waals surface area contributed by atoms with Gasteiger partial charge in [0.25, 0.3) is 0 Å². The molecule has 8 heteroatoms. The normalized spacial score (nSPS) is 11.7. The van der Waals surface area contributed by atoms with Gasteiger partial charge in [-0.25, -0.2) is 5.21 Å². The highest BCUT2D eigenvalue weighted by atomic mass is 35.5. The predicted molar refractivity (Wildman–Crippen MR) is 88.0 cm³/mol. The van der Waals surface area contributed by atoms with Gasteiger partial charge < -0.3 is 9.94 Å². The number of hydrogen-bond acceptors (Lipinski definition) is 5. The van der Waals surface area contributed by atoms with Gasteiger partial charge in [0.15, 0.2) is 11.5 Å². The van der Waals surface area contributed by atoms with Crippen molar-refractivity contribution in [1.82, 2.24) is 0 Å². The average Bonchev–Trinajstić information content (AvgIpc) is 2.56. The van der Waals surface area contributed by atoms with Gasteiger partial charge in [0.2, 0.25) is 0 Å². The van der Waals surface area contributed by atoms with Gasteiger partial charge in [0.1, 0.15) is 5.75 Å². The molecule has 0 amide bonds. The molecule has 124 valence electrons. The Balaban J connectivity index is 2.40. The van der Waals surface area contributed by atoms with Crippen LogP contribution >= 0.6 is 23.2 Å². The first kappa shape index (κ1) is 18.2.